The Hall–Kier alpha value is -3.56. The van der Waals surface area contributed by atoms with Crippen molar-refractivity contribution in [3.8, 4) is 5.75 Å². The zero-order chi connectivity index (χ0) is 22.7. The molecule has 1 aromatic heterocycles. The number of sulfonamides is 1. The maximum atomic E-state index is 13.3. The lowest BCUT2D eigenvalue weighted by atomic mass is 9.81. The van der Waals surface area contributed by atoms with E-state index in [1.807, 2.05) is 35.2 Å². The number of nitrogens with zero attached hydrogens (tertiary/aromatic N) is 5. The van der Waals surface area contributed by atoms with Crippen molar-refractivity contribution in [2.45, 2.75) is 10.8 Å². The molecule has 0 saturated heterocycles. The fourth-order valence-electron chi connectivity index (χ4n) is 4.62. The Labute approximate surface area is 191 Å². The van der Waals surface area contributed by atoms with E-state index in [0.717, 1.165) is 29.1 Å². The Balaban J connectivity index is 1.71. The first-order valence-electron chi connectivity index (χ1n) is 10.6. The van der Waals surface area contributed by atoms with Crippen molar-refractivity contribution in [2.75, 3.05) is 27.2 Å². The molecule has 0 amide bonds. The van der Waals surface area contributed by atoms with Gasteiger partial charge in [-0.2, -0.15) is 0 Å². The zero-order valence-electron chi connectivity index (χ0n) is 18.1. The van der Waals surface area contributed by atoms with Crippen LogP contribution in [0.25, 0.3) is 10.9 Å². The van der Waals surface area contributed by atoms with Gasteiger partial charge in [-0.15, -0.1) is 0 Å². The van der Waals surface area contributed by atoms with Crippen LogP contribution in [0.1, 0.15) is 17.0 Å². The van der Waals surface area contributed by atoms with E-state index in [1.54, 1.807) is 30.7 Å². The lowest BCUT2D eigenvalue weighted by Crippen LogP contribution is -2.36. The van der Waals surface area contributed by atoms with Crippen LogP contribution in [0.5, 0.6) is 5.75 Å². The van der Waals surface area contributed by atoms with Crippen molar-refractivity contribution < 1.29 is 13.2 Å². The molecule has 8 nitrogen and oxygen atoms in total. The molecule has 3 aliphatic heterocycles. The summed E-state index contributed by atoms with van der Waals surface area (Å²) in [7, 11) is -0.675. The van der Waals surface area contributed by atoms with Gasteiger partial charge in [0.1, 0.15) is 17.7 Å². The van der Waals surface area contributed by atoms with E-state index < -0.39 is 10.0 Å². The Morgan fingerprint density at radius 1 is 1.12 bits per heavy atom. The highest BCUT2D eigenvalue weighted by Gasteiger charge is 2.41. The van der Waals surface area contributed by atoms with Gasteiger partial charge in [0.2, 0.25) is 15.9 Å². The van der Waals surface area contributed by atoms with Gasteiger partial charge in [0.05, 0.1) is 17.0 Å². The number of fused-ring (bicyclic) bond motifs is 5. The van der Waals surface area contributed by atoms with Gasteiger partial charge in [-0.25, -0.2) is 17.7 Å². The van der Waals surface area contributed by atoms with Gasteiger partial charge in [0.15, 0.2) is 5.75 Å². The molecule has 3 aromatic rings. The molecule has 0 saturated carbocycles. The highest BCUT2D eigenvalue weighted by atomic mass is 32.2. The van der Waals surface area contributed by atoms with Gasteiger partial charge >= 0.3 is 0 Å². The number of pyridine rings is 1. The molecule has 1 atom stereocenters. The third-order valence-corrected chi connectivity index (χ3v) is 8.04. The molecular weight excluding hydrogens is 438 g/mol. The van der Waals surface area contributed by atoms with Gasteiger partial charge < -0.3 is 9.64 Å². The average molecular weight is 460 g/mol. The second kappa shape index (κ2) is 7.23. The SMILES string of the molecule is CN(C)S(=O)(=O)c1cc2c(c3ncccc13)OC1=C(C3=NCCN3C=N1)C2c1ccccc1. The highest BCUT2D eigenvalue weighted by Crippen LogP contribution is 2.49. The predicted molar refractivity (Wildman–Crippen MR) is 126 cm³/mol. The molecule has 9 heteroatoms. The van der Waals surface area contributed by atoms with Gasteiger partial charge in [0, 0.05) is 43.7 Å². The summed E-state index contributed by atoms with van der Waals surface area (Å²) in [5.41, 5.74) is 3.08. The lowest BCUT2D eigenvalue weighted by molar-refractivity contribution is 0.393. The minimum atomic E-state index is -3.74. The summed E-state index contributed by atoms with van der Waals surface area (Å²) in [6.07, 6.45) is 3.39. The second-order valence-electron chi connectivity index (χ2n) is 8.29. The van der Waals surface area contributed by atoms with Crippen molar-refractivity contribution in [2.24, 2.45) is 9.98 Å². The van der Waals surface area contributed by atoms with E-state index in [-0.39, 0.29) is 10.8 Å². The first kappa shape index (κ1) is 20.1. The van der Waals surface area contributed by atoms with E-state index in [0.29, 0.717) is 29.1 Å². The molecule has 1 unspecified atom stereocenters. The summed E-state index contributed by atoms with van der Waals surface area (Å²) >= 11 is 0. The summed E-state index contributed by atoms with van der Waals surface area (Å²) < 4.78 is 34.2. The zero-order valence-corrected chi connectivity index (χ0v) is 19.0. The Morgan fingerprint density at radius 3 is 2.73 bits per heavy atom. The van der Waals surface area contributed by atoms with Crippen molar-refractivity contribution in [3.63, 3.8) is 0 Å². The van der Waals surface area contributed by atoms with Crippen LogP contribution in [-0.4, -0.2) is 62.0 Å². The van der Waals surface area contributed by atoms with Gasteiger partial charge in [0.25, 0.3) is 0 Å². The standard InChI is InChI=1S/C24H21N5O3S/c1-28(2)33(30,31)18-13-17-19(15-7-4-3-5-8-15)20-23-26-11-12-29(23)14-27-24(20)32-22(17)21-16(18)9-6-10-25-21/h3-10,13-14,19H,11-12H2,1-2H3. The van der Waals surface area contributed by atoms with Crippen molar-refractivity contribution in [3.05, 3.63) is 77.3 Å². The van der Waals surface area contributed by atoms with Crippen molar-refractivity contribution in [1.82, 2.24) is 14.2 Å². The largest absolute Gasteiger partial charge is 0.436 e. The number of amidine groups is 1. The normalized spacial score (nSPS) is 19.3. The molecule has 0 spiro atoms. The Bertz CT molecular complexity index is 1490. The Morgan fingerprint density at radius 2 is 1.94 bits per heavy atom. The fraction of sp³-hybridized carbons (Fsp3) is 0.208. The minimum absolute atomic E-state index is 0.201. The summed E-state index contributed by atoms with van der Waals surface area (Å²) in [6.45, 7) is 1.43. The number of ether oxygens (including phenoxy) is 1. The quantitative estimate of drug-likeness (QED) is 0.601. The average Bonchev–Trinajstić information content (AvgIpc) is 3.32. The summed E-state index contributed by atoms with van der Waals surface area (Å²) in [5, 5.41) is 0.514. The third kappa shape index (κ3) is 2.93. The highest BCUT2D eigenvalue weighted by molar-refractivity contribution is 7.89. The molecule has 0 aliphatic carbocycles. The molecule has 0 N–H and O–H groups in total. The van der Waals surface area contributed by atoms with Crippen LogP contribution in [-0.2, 0) is 10.0 Å². The van der Waals surface area contributed by atoms with Gasteiger partial charge in [-0.3, -0.25) is 9.98 Å². The summed E-state index contributed by atoms with van der Waals surface area (Å²) in [6, 6.07) is 15.2. The molecule has 2 aromatic carbocycles. The molecule has 6 rings (SSSR count). The fourth-order valence-corrected chi connectivity index (χ4v) is 5.73. The lowest BCUT2D eigenvalue weighted by Gasteiger charge is -2.34. The molecular formula is C24H21N5O3S. The number of aromatic nitrogens is 1. The van der Waals surface area contributed by atoms with Crippen LogP contribution in [0.2, 0.25) is 0 Å². The van der Waals surface area contributed by atoms with Crippen LogP contribution >= 0.6 is 0 Å². The molecule has 0 radical (unpaired) electrons. The van der Waals surface area contributed by atoms with E-state index in [1.165, 1.54) is 18.4 Å². The van der Waals surface area contributed by atoms with Crippen molar-refractivity contribution in [1.29, 1.82) is 0 Å². The predicted octanol–water partition coefficient (Wildman–Crippen LogP) is 2.98. The molecule has 33 heavy (non-hydrogen) atoms. The number of benzene rings is 2. The van der Waals surface area contributed by atoms with E-state index in [4.69, 9.17) is 9.73 Å². The van der Waals surface area contributed by atoms with Crippen LogP contribution in [0, 0.1) is 0 Å². The number of hydrogen-bond donors (Lipinski definition) is 0. The Kier molecular flexibility index (Phi) is 4.40. The van der Waals surface area contributed by atoms with E-state index in [9.17, 15) is 8.42 Å². The van der Waals surface area contributed by atoms with Crippen LogP contribution in [0.15, 0.2) is 81.1 Å². The smallest absolute Gasteiger partial charge is 0.243 e. The van der Waals surface area contributed by atoms with Gasteiger partial charge in [-0.1, -0.05) is 30.3 Å². The second-order valence-corrected chi connectivity index (χ2v) is 10.4. The summed E-state index contributed by atoms with van der Waals surface area (Å²) in [4.78, 5) is 16.1. The van der Waals surface area contributed by atoms with E-state index in [2.05, 4.69) is 9.98 Å². The third-order valence-electron chi connectivity index (χ3n) is 6.19. The van der Waals surface area contributed by atoms with Crippen molar-refractivity contribution >= 4 is 33.1 Å². The first-order valence-corrected chi connectivity index (χ1v) is 12.1. The molecule has 166 valence electrons. The molecule has 0 bridgehead atoms. The topological polar surface area (TPSA) is 87.5 Å². The molecule has 3 aliphatic rings. The van der Waals surface area contributed by atoms with Gasteiger partial charge in [-0.05, 0) is 23.8 Å². The van der Waals surface area contributed by atoms with Crippen LogP contribution < -0.4 is 4.74 Å². The minimum Gasteiger partial charge on any atom is -0.436 e. The number of aliphatic imine (C=N–C) groups is 2. The maximum Gasteiger partial charge on any atom is 0.243 e. The monoisotopic (exact) mass is 459 g/mol. The van der Waals surface area contributed by atoms with Crippen LogP contribution in [0.4, 0.5) is 0 Å². The van der Waals surface area contributed by atoms with E-state index >= 15 is 0 Å². The summed E-state index contributed by atoms with van der Waals surface area (Å²) in [5.74, 6) is 1.52. The van der Waals surface area contributed by atoms with Crippen LogP contribution in [0.3, 0.4) is 0 Å². The number of hydrogen-bond acceptors (Lipinski definition) is 7. The molecule has 4 heterocycles. The maximum absolute atomic E-state index is 13.3. The molecule has 0 fully saturated rings. The number of rotatable bonds is 3. The first-order chi connectivity index (χ1) is 16.0.